The number of fused-ring (bicyclic) bond motifs is 1. The Kier molecular flexibility index (Phi) is 3.84. The number of hydrogen-bond donors (Lipinski definition) is 0. The molecule has 0 bridgehead atoms. The summed E-state index contributed by atoms with van der Waals surface area (Å²) in [7, 11) is 0. The molecule has 0 fully saturated rings. The second-order valence-electron chi connectivity index (χ2n) is 6.24. The summed E-state index contributed by atoms with van der Waals surface area (Å²) in [6, 6.07) is 13.8. The molecule has 0 unspecified atom stereocenters. The minimum absolute atomic E-state index is 0.00934. The Balaban J connectivity index is 1.60. The largest absolute Gasteiger partial charge is 0.356 e. The lowest BCUT2D eigenvalue weighted by atomic mass is 9.99. The highest BCUT2D eigenvalue weighted by molar-refractivity contribution is 5.95. The third kappa shape index (κ3) is 2.82. The van der Waals surface area contributed by atoms with Gasteiger partial charge in [-0.3, -0.25) is 4.79 Å². The number of aromatic nitrogens is 1. The van der Waals surface area contributed by atoms with E-state index in [2.05, 4.69) is 5.16 Å². The minimum Gasteiger partial charge on any atom is -0.356 e. The molecule has 126 valence electrons. The standard InChI is InChI=1S/C20H17FN2O2/c1-13-4-2-3-5-16(13)20(24)23-11-10-17-18(12-23)22-25-19(17)14-6-8-15(21)9-7-14/h2-9H,10-12H2,1H3. The summed E-state index contributed by atoms with van der Waals surface area (Å²) < 4.78 is 18.6. The second kappa shape index (κ2) is 6.16. The topological polar surface area (TPSA) is 46.3 Å². The number of amides is 1. The Hall–Kier alpha value is -2.95. The van der Waals surface area contributed by atoms with Gasteiger partial charge in [0.2, 0.25) is 0 Å². The Morgan fingerprint density at radius 1 is 1.16 bits per heavy atom. The summed E-state index contributed by atoms with van der Waals surface area (Å²) in [4.78, 5) is 14.6. The number of carbonyl (C=O) groups excluding carboxylic acids is 1. The van der Waals surface area contributed by atoms with E-state index in [1.807, 2.05) is 31.2 Å². The second-order valence-corrected chi connectivity index (χ2v) is 6.24. The summed E-state index contributed by atoms with van der Waals surface area (Å²) >= 11 is 0. The van der Waals surface area contributed by atoms with Crippen LogP contribution < -0.4 is 0 Å². The number of carbonyl (C=O) groups is 1. The number of aryl methyl sites for hydroxylation is 1. The van der Waals surface area contributed by atoms with Crippen molar-refractivity contribution in [1.29, 1.82) is 0 Å². The molecule has 1 aliphatic rings. The normalized spacial score (nSPS) is 13.6. The van der Waals surface area contributed by atoms with Gasteiger partial charge in [-0.15, -0.1) is 0 Å². The van der Waals surface area contributed by atoms with Gasteiger partial charge in [-0.2, -0.15) is 0 Å². The summed E-state index contributed by atoms with van der Waals surface area (Å²) in [6.07, 6.45) is 0.670. The molecule has 0 N–H and O–H groups in total. The predicted octanol–water partition coefficient (Wildman–Crippen LogP) is 3.99. The Morgan fingerprint density at radius 3 is 2.68 bits per heavy atom. The van der Waals surface area contributed by atoms with Crippen LogP contribution in [0.1, 0.15) is 27.2 Å². The lowest BCUT2D eigenvalue weighted by Gasteiger charge is -2.26. The summed E-state index contributed by atoms with van der Waals surface area (Å²) in [5.74, 6) is 0.389. The van der Waals surface area contributed by atoms with Crippen LogP contribution in [-0.2, 0) is 13.0 Å². The fraction of sp³-hybridized carbons (Fsp3) is 0.200. The van der Waals surface area contributed by atoms with Crippen LogP contribution in [0.15, 0.2) is 53.1 Å². The lowest BCUT2D eigenvalue weighted by Crippen LogP contribution is -2.36. The highest BCUT2D eigenvalue weighted by atomic mass is 19.1. The van der Waals surface area contributed by atoms with Crippen molar-refractivity contribution in [2.45, 2.75) is 19.9 Å². The van der Waals surface area contributed by atoms with Crippen LogP contribution in [0.4, 0.5) is 4.39 Å². The molecule has 3 aromatic rings. The maximum atomic E-state index is 13.1. The maximum Gasteiger partial charge on any atom is 0.254 e. The van der Waals surface area contributed by atoms with Crippen LogP contribution in [0.25, 0.3) is 11.3 Å². The highest BCUT2D eigenvalue weighted by Crippen LogP contribution is 2.31. The fourth-order valence-electron chi connectivity index (χ4n) is 3.22. The van der Waals surface area contributed by atoms with E-state index in [4.69, 9.17) is 4.52 Å². The van der Waals surface area contributed by atoms with Crippen molar-refractivity contribution in [1.82, 2.24) is 10.1 Å². The number of rotatable bonds is 2. The first-order valence-corrected chi connectivity index (χ1v) is 8.22. The zero-order valence-corrected chi connectivity index (χ0v) is 13.8. The highest BCUT2D eigenvalue weighted by Gasteiger charge is 2.28. The zero-order valence-electron chi connectivity index (χ0n) is 13.8. The van der Waals surface area contributed by atoms with Crippen LogP contribution >= 0.6 is 0 Å². The van der Waals surface area contributed by atoms with Crippen molar-refractivity contribution in [2.75, 3.05) is 6.54 Å². The third-order valence-corrected chi connectivity index (χ3v) is 4.61. The van der Waals surface area contributed by atoms with E-state index in [0.717, 1.165) is 22.4 Å². The van der Waals surface area contributed by atoms with Gasteiger partial charge in [0, 0.05) is 23.2 Å². The number of hydrogen-bond acceptors (Lipinski definition) is 3. The van der Waals surface area contributed by atoms with Crippen LogP contribution in [0.3, 0.4) is 0 Å². The first-order chi connectivity index (χ1) is 12.1. The van der Waals surface area contributed by atoms with E-state index in [9.17, 15) is 9.18 Å². The first-order valence-electron chi connectivity index (χ1n) is 8.22. The smallest absolute Gasteiger partial charge is 0.254 e. The van der Waals surface area contributed by atoms with E-state index in [0.29, 0.717) is 30.8 Å². The van der Waals surface area contributed by atoms with Crippen LogP contribution in [-0.4, -0.2) is 22.5 Å². The molecule has 1 amide bonds. The molecular formula is C20H17FN2O2. The Morgan fingerprint density at radius 2 is 1.92 bits per heavy atom. The monoisotopic (exact) mass is 336 g/mol. The molecule has 0 saturated carbocycles. The van der Waals surface area contributed by atoms with Gasteiger partial charge in [0.1, 0.15) is 11.5 Å². The average molecular weight is 336 g/mol. The van der Waals surface area contributed by atoms with E-state index in [1.54, 1.807) is 17.0 Å². The summed E-state index contributed by atoms with van der Waals surface area (Å²) in [5.41, 5.74) is 4.25. The molecule has 1 aliphatic heterocycles. The lowest BCUT2D eigenvalue weighted by molar-refractivity contribution is 0.0731. The van der Waals surface area contributed by atoms with Gasteiger partial charge in [0.25, 0.3) is 5.91 Å². The molecule has 1 aromatic heterocycles. The molecule has 0 radical (unpaired) electrons. The maximum absolute atomic E-state index is 13.1. The quantitative estimate of drug-likeness (QED) is 0.711. The van der Waals surface area contributed by atoms with Gasteiger partial charge in [0.15, 0.2) is 5.76 Å². The summed E-state index contributed by atoms with van der Waals surface area (Å²) in [5, 5.41) is 4.14. The Labute approximate surface area is 144 Å². The summed E-state index contributed by atoms with van der Waals surface area (Å²) in [6.45, 7) is 2.97. The van der Waals surface area contributed by atoms with E-state index in [1.165, 1.54) is 12.1 Å². The van der Waals surface area contributed by atoms with E-state index >= 15 is 0 Å². The number of halogens is 1. The van der Waals surface area contributed by atoms with Crippen molar-refractivity contribution in [2.24, 2.45) is 0 Å². The minimum atomic E-state index is -0.285. The van der Waals surface area contributed by atoms with Crippen LogP contribution in [0.5, 0.6) is 0 Å². The van der Waals surface area contributed by atoms with E-state index < -0.39 is 0 Å². The molecule has 5 heteroatoms. The van der Waals surface area contributed by atoms with Gasteiger partial charge < -0.3 is 9.42 Å². The Bertz CT molecular complexity index is 931. The molecule has 0 aliphatic carbocycles. The van der Waals surface area contributed by atoms with Crippen LogP contribution in [0.2, 0.25) is 0 Å². The van der Waals surface area contributed by atoms with Gasteiger partial charge in [0.05, 0.1) is 6.54 Å². The molecule has 4 nitrogen and oxygen atoms in total. The van der Waals surface area contributed by atoms with Crippen LogP contribution in [0, 0.1) is 12.7 Å². The number of nitrogens with zero attached hydrogens (tertiary/aromatic N) is 2. The zero-order chi connectivity index (χ0) is 17.4. The SMILES string of the molecule is Cc1ccccc1C(=O)N1CCc2c(noc2-c2ccc(F)cc2)C1. The van der Waals surface area contributed by atoms with Crippen molar-refractivity contribution >= 4 is 5.91 Å². The van der Waals surface area contributed by atoms with Gasteiger partial charge in [-0.05, 0) is 49.2 Å². The molecule has 0 atom stereocenters. The van der Waals surface area contributed by atoms with Gasteiger partial charge in [-0.1, -0.05) is 23.4 Å². The van der Waals surface area contributed by atoms with E-state index in [-0.39, 0.29) is 11.7 Å². The van der Waals surface area contributed by atoms with Gasteiger partial charge in [-0.25, -0.2) is 4.39 Å². The molecule has 25 heavy (non-hydrogen) atoms. The predicted molar refractivity (Wildman–Crippen MR) is 91.5 cm³/mol. The molecule has 4 rings (SSSR count). The van der Waals surface area contributed by atoms with Crippen molar-refractivity contribution in [3.8, 4) is 11.3 Å². The first kappa shape index (κ1) is 15.6. The molecule has 0 spiro atoms. The third-order valence-electron chi connectivity index (χ3n) is 4.61. The average Bonchev–Trinajstić information content (AvgIpc) is 3.05. The van der Waals surface area contributed by atoms with Gasteiger partial charge >= 0.3 is 0 Å². The molecule has 0 saturated heterocycles. The number of benzene rings is 2. The fourth-order valence-corrected chi connectivity index (χ4v) is 3.22. The van der Waals surface area contributed by atoms with Crippen molar-refractivity contribution < 1.29 is 13.7 Å². The van der Waals surface area contributed by atoms with Crippen molar-refractivity contribution in [3.05, 3.63) is 76.7 Å². The van der Waals surface area contributed by atoms with Crippen molar-refractivity contribution in [3.63, 3.8) is 0 Å². The molecular weight excluding hydrogens is 319 g/mol. The molecule has 2 heterocycles. The molecule has 2 aromatic carbocycles.